The highest BCUT2D eigenvalue weighted by Gasteiger charge is 2.42. The summed E-state index contributed by atoms with van der Waals surface area (Å²) in [6.45, 7) is 5.75. The van der Waals surface area contributed by atoms with Crippen molar-refractivity contribution in [1.82, 2.24) is 9.71 Å². The summed E-state index contributed by atoms with van der Waals surface area (Å²) >= 11 is 0. The van der Waals surface area contributed by atoms with E-state index in [-0.39, 0.29) is 17.9 Å². The van der Waals surface area contributed by atoms with Gasteiger partial charge >= 0.3 is 6.18 Å². The van der Waals surface area contributed by atoms with Gasteiger partial charge in [-0.2, -0.15) is 13.2 Å². The second-order valence-corrected chi connectivity index (χ2v) is 8.70. The molecule has 2 heterocycles. The highest BCUT2D eigenvalue weighted by molar-refractivity contribution is 7.89. The number of halogens is 3. The normalized spacial score (nSPS) is 19.9. The number of sulfonamides is 1. The Labute approximate surface area is 146 Å². The molecular formula is C16H24F3N3O2S. The van der Waals surface area contributed by atoms with Crippen molar-refractivity contribution >= 4 is 15.8 Å². The average Bonchev–Trinajstić information content (AvgIpc) is 2.53. The molecule has 0 amide bonds. The average molecular weight is 379 g/mol. The maximum atomic E-state index is 12.9. The van der Waals surface area contributed by atoms with E-state index in [0.717, 1.165) is 0 Å². The van der Waals surface area contributed by atoms with E-state index in [4.69, 9.17) is 0 Å². The Morgan fingerprint density at radius 3 is 2.52 bits per heavy atom. The lowest BCUT2D eigenvalue weighted by Gasteiger charge is -2.34. The molecular weight excluding hydrogens is 355 g/mol. The number of hydrogen-bond donors (Lipinski definition) is 1. The van der Waals surface area contributed by atoms with Crippen molar-refractivity contribution in [2.75, 3.05) is 18.0 Å². The molecule has 9 heteroatoms. The molecule has 1 N–H and O–H groups in total. The topological polar surface area (TPSA) is 62.3 Å². The molecule has 1 aliphatic heterocycles. The van der Waals surface area contributed by atoms with Crippen LogP contribution in [0, 0.1) is 5.92 Å². The van der Waals surface area contributed by atoms with Gasteiger partial charge in [0.25, 0.3) is 0 Å². The molecule has 1 aromatic heterocycles. The summed E-state index contributed by atoms with van der Waals surface area (Å²) in [5.41, 5.74) is -0.593. The Bertz CT molecular complexity index is 688. The van der Waals surface area contributed by atoms with Crippen molar-refractivity contribution in [3.05, 3.63) is 18.3 Å². The monoisotopic (exact) mass is 379 g/mol. The van der Waals surface area contributed by atoms with Crippen molar-refractivity contribution in [2.24, 2.45) is 5.92 Å². The van der Waals surface area contributed by atoms with Crippen LogP contribution >= 0.6 is 0 Å². The standard InChI is InChI=1S/C16H24F3N3O2S/c1-4-15(2,3)21-25(23,24)13-7-8-14(20-10-13)22-9-5-6-12(11-22)16(17,18)19/h7-8,10,12,21H,4-6,9,11H2,1-3H3/t12-/m0/s1. The summed E-state index contributed by atoms with van der Waals surface area (Å²) < 4.78 is 66.0. The van der Waals surface area contributed by atoms with E-state index < -0.39 is 27.7 Å². The number of aromatic nitrogens is 1. The molecule has 25 heavy (non-hydrogen) atoms. The minimum Gasteiger partial charge on any atom is -0.356 e. The van der Waals surface area contributed by atoms with E-state index in [2.05, 4.69) is 9.71 Å². The summed E-state index contributed by atoms with van der Waals surface area (Å²) in [6, 6.07) is 2.85. The number of hydrogen-bond acceptors (Lipinski definition) is 4. The van der Waals surface area contributed by atoms with Gasteiger partial charge in [0.15, 0.2) is 0 Å². The zero-order valence-corrected chi connectivity index (χ0v) is 15.4. The van der Waals surface area contributed by atoms with Crippen LogP contribution in [0.2, 0.25) is 0 Å². The first-order chi connectivity index (χ1) is 11.4. The fraction of sp³-hybridized carbons (Fsp3) is 0.688. The van der Waals surface area contributed by atoms with Crippen LogP contribution in [-0.2, 0) is 10.0 Å². The smallest absolute Gasteiger partial charge is 0.356 e. The van der Waals surface area contributed by atoms with Gasteiger partial charge in [-0.15, -0.1) is 0 Å². The summed E-state index contributed by atoms with van der Waals surface area (Å²) in [5.74, 6) is -1.01. The Balaban J connectivity index is 2.14. The molecule has 0 radical (unpaired) electrons. The number of alkyl halides is 3. The minimum atomic E-state index is -4.22. The zero-order valence-electron chi connectivity index (χ0n) is 14.6. The fourth-order valence-electron chi connectivity index (χ4n) is 2.67. The summed E-state index contributed by atoms with van der Waals surface area (Å²) in [4.78, 5) is 5.64. The Kier molecular flexibility index (Phi) is 5.68. The van der Waals surface area contributed by atoms with Gasteiger partial charge in [-0.05, 0) is 45.2 Å². The maximum absolute atomic E-state index is 12.9. The van der Waals surface area contributed by atoms with Crippen LogP contribution in [0.4, 0.5) is 19.0 Å². The van der Waals surface area contributed by atoms with Gasteiger partial charge in [0.2, 0.25) is 10.0 Å². The molecule has 0 spiro atoms. The summed E-state index contributed by atoms with van der Waals surface area (Å²) in [7, 11) is -3.72. The third kappa shape index (κ3) is 5.07. The number of pyridine rings is 1. The lowest BCUT2D eigenvalue weighted by atomic mass is 9.97. The third-order valence-corrected chi connectivity index (χ3v) is 6.22. The first kappa shape index (κ1) is 20.0. The Hall–Kier alpha value is -1.35. The van der Waals surface area contributed by atoms with E-state index in [0.29, 0.717) is 25.2 Å². The molecule has 0 saturated carbocycles. The lowest BCUT2D eigenvalue weighted by molar-refractivity contribution is -0.176. The molecule has 0 bridgehead atoms. The van der Waals surface area contributed by atoms with Gasteiger partial charge in [-0.3, -0.25) is 0 Å². The molecule has 142 valence electrons. The van der Waals surface area contributed by atoms with Gasteiger partial charge in [0.05, 0.1) is 5.92 Å². The van der Waals surface area contributed by atoms with E-state index >= 15 is 0 Å². The first-order valence-corrected chi connectivity index (χ1v) is 9.74. The van der Waals surface area contributed by atoms with Gasteiger partial charge in [-0.1, -0.05) is 6.92 Å². The zero-order chi connectivity index (χ0) is 18.9. The van der Waals surface area contributed by atoms with E-state index in [1.54, 1.807) is 18.7 Å². The van der Waals surface area contributed by atoms with Crippen LogP contribution in [0.15, 0.2) is 23.2 Å². The van der Waals surface area contributed by atoms with Crippen molar-refractivity contribution in [2.45, 2.75) is 56.6 Å². The number of nitrogens with zero attached hydrogens (tertiary/aromatic N) is 2. The molecule has 0 aliphatic carbocycles. The second-order valence-electron chi connectivity index (χ2n) is 7.02. The second kappa shape index (κ2) is 7.11. The van der Waals surface area contributed by atoms with Crippen LogP contribution in [0.1, 0.15) is 40.0 Å². The SMILES string of the molecule is CCC(C)(C)NS(=O)(=O)c1ccc(N2CCC[C@H](C(F)(F)F)C2)nc1. The van der Waals surface area contributed by atoms with Gasteiger partial charge in [0.1, 0.15) is 10.7 Å². The molecule has 5 nitrogen and oxygen atoms in total. The Morgan fingerprint density at radius 2 is 2.00 bits per heavy atom. The van der Waals surface area contributed by atoms with E-state index in [1.807, 2.05) is 6.92 Å². The van der Waals surface area contributed by atoms with Crippen molar-refractivity contribution in [3.8, 4) is 0 Å². The number of nitrogens with one attached hydrogen (secondary N) is 1. The maximum Gasteiger partial charge on any atom is 0.393 e. The van der Waals surface area contributed by atoms with Gasteiger partial charge in [-0.25, -0.2) is 18.1 Å². The lowest BCUT2D eigenvalue weighted by Crippen LogP contribution is -2.43. The van der Waals surface area contributed by atoms with Crippen molar-refractivity contribution in [3.63, 3.8) is 0 Å². The van der Waals surface area contributed by atoms with Crippen LogP contribution in [-0.4, -0.2) is 38.2 Å². The molecule has 1 aromatic rings. The summed E-state index contributed by atoms with van der Waals surface area (Å²) in [6.07, 6.45) is -1.87. The van der Waals surface area contributed by atoms with Crippen LogP contribution in [0.5, 0.6) is 0 Å². The first-order valence-electron chi connectivity index (χ1n) is 8.26. The van der Waals surface area contributed by atoms with Gasteiger partial charge in [0, 0.05) is 24.8 Å². The highest BCUT2D eigenvalue weighted by Crippen LogP contribution is 2.34. The van der Waals surface area contributed by atoms with Crippen molar-refractivity contribution in [1.29, 1.82) is 0 Å². The predicted octanol–water partition coefficient (Wildman–Crippen LogP) is 3.33. The Morgan fingerprint density at radius 1 is 1.32 bits per heavy atom. The molecule has 1 aliphatic rings. The fourth-order valence-corrected chi connectivity index (χ4v) is 4.09. The van der Waals surface area contributed by atoms with Gasteiger partial charge < -0.3 is 4.90 Å². The number of rotatable bonds is 5. The van der Waals surface area contributed by atoms with Crippen LogP contribution in [0.3, 0.4) is 0 Å². The van der Waals surface area contributed by atoms with Crippen LogP contribution < -0.4 is 9.62 Å². The van der Waals surface area contributed by atoms with Crippen molar-refractivity contribution < 1.29 is 21.6 Å². The minimum absolute atomic E-state index is 0.00200. The summed E-state index contributed by atoms with van der Waals surface area (Å²) in [5, 5.41) is 0. The molecule has 1 saturated heterocycles. The molecule has 0 aromatic carbocycles. The molecule has 1 atom stereocenters. The van der Waals surface area contributed by atoms with E-state index in [1.165, 1.54) is 18.3 Å². The molecule has 1 fully saturated rings. The van der Waals surface area contributed by atoms with Crippen LogP contribution in [0.25, 0.3) is 0 Å². The predicted molar refractivity (Wildman–Crippen MR) is 89.9 cm³/mol. The largest absolute Gasteiger partial charge is 0.393 e. The molecule has 0 unspecified atom stereocenters. The number of piperidine rings is 1. The van der Waals surface area contributed by atoms with E-state index in [9.17, 15) is 21.6 Å². The quantitative estimate of drug-likeness (QED) is 0.852. The molecule has 2 rings (SSSR count). The highest BCUT2D eigenvalue weighted by atomic mass is 32.2. The number of anilines is 1. The third-order valence-electron chi connectivity index (χ3n) is 4.53.